The van der Waals surface area contributed by atoms with E-state index < -0.39 is 17.7 Å². The zero-order valence-corrected chi connectivity index (χ0v) is 10.1. The van der Waals surface area contributed by atoms with E-state index in [1.165, 1.54) is 18.2 Å². The molecule has 0 saturated carbocycles. The first-order valence-corrected chi connectivity index (χ1v) is 5.89. The van der Waals surface area contributed by atoms with Crippen LogP contribution >= 0.6 is 0 Å². The third-order valence-corrected chi connectivity index (χ3v) is 3.04. The third-order valence-electron chi connectivity index (χ3n) is 3.04. The van der Waals surface area contributed by atoms with Crippen LogP contribution in [0.25, 0.3) is 11.4 Å². The van der Waals surface area contributed by atoms with Gasteiger partial charge >= 0.3 is 6.18 Å². The van der Waals surface area contributed by atoms with E-state index in [0.717, 1.165) is 6.07 Å². The minimum atomic E-state index is -4.55. The van der Waals surface area contributed by atoms with E-state index in [0.29, 0.717) is 5.69 Å². The fraction of sp³-hybridized carbons (Fsp3) is 0.231. The lowest BCUT2D eigenvalue weighted by Gasteiger charge is -2.12. The van der Waals surface area contributed by atoms with E-state index in [9.17, 15) is 17.6 Å². The summed E-state index contributed by atoms with van der Waals surface area (Å²) in [6, 6.07) is 5.22. The highest BCUT2D eigenvalue weighted by molar-refractivity contribution is 5.56. The minimum Gasteiger partial charge on any atom is -0.307 e. The number of benzene rings is 1. The molecule has 0 radical (unpaired) electrons. The van der Waals surface area contributed by atoms with Crippen molar-refractivity contribution in [3.8, 4) is 11.4 Å². The molecule has 1 aromatic carbocycles. The number of rotatable bonds is 1. The molecule has 1 aliphatic rings. The summed E-state index contributed by atoms with van der Waals surface area (Å²) in [6.45, 7) is 0.344. The standard InChI is InChI=1S/C13H9F4N3/c14-8-3-1-2-7(4-8)12-19-10-6-18-5-9(10)11(20-12)13(15,16)17/h1-4,18H,5-6H2. The molecule has 20 heavy (non-hydrogen) atoms. The number of alkyl halides is 3. The van der Waals surface area contributed by atoms with Crippen LogP contribution in [0, 0.1) is 5.82 Å². The molecule has 0 amide bonds. The Bertz CT molecular complexity index is 667. The third kappa shape index (κ3) is 2.24. The predicted molar refractivity (Wildman–Crippen MR) is 63.0 cm³/mol. The maximum absolute atomic E-state index is 13.2. The number of hydrogen-bond acceptors (Lipinski definition) is 3. The van der Waals surface area contributed by atoms with Gasteiger partial charge in [0.15, 0.2) is 11.5 Å². The monoisotopic (exact) mass is 283 g/mol. The lowest BCUT2D eigenvalue weighted by Crippen LogP contribution is -2.14. The largest absolute Gasteiger partial charge is 0.433 e. The number of fused-ring (bicyclic) bond motifs is 1. The van der Waals surface area contributed by atoms with Crippen molar-refractivity contribution in [1.82, 2.24) is 15.3 Å². The lowest BCUT2D eigenvalue weighted by atomic mass is 10.1. The van der Waals surface area contributed by atoms with Crippen LogP contribution in [0.5, 0.6) is 0 Å². The van der Waals surface area contributed by atoms with Crippen LogP contribution in [0.2, 0.25) is 0 Å². The van der Waals surface area contributed by atoms with E-state index in [1.807, 2.05) is 0 Å². The Labute approximate surface area is 111 Å². The second kappa shape index (κ2) is 4.52. The Kier molecular flexibility index (Phi) is 2.93. The molecule has 3 nitrogen and oxygen atoms in total. The fourth-order valence-electron chi connectivity index (χ4n) is 2.16. The van der Waals surface area contributed by atoms with Gasteiger partial charge in [-0.05, 0) is 12.1 Å². The molecule has 0 atom stereocenters. The van der Waals surface area contributed by atoms with Gasteiger partial charge in [0.2, 0.25) is 0 Å². The van der Waals surface area contributed by atoms with Crippen LogP contribution in [0.15, 0.2) is 24.3 Å². The van der Waals surface area contributed by atoms with Gasteiger partial charge in [0.1, 0.15) is 5.82 Å². The van der Waals surface area contributed by atoms with Gasteiger partial charge in [-0.25, -0.2) is 14.4 Å². The second-order valence-corrected chi connectivity index (χ2v) is 4.43. The predicted octanol–water partition coefficient (Wildman–Crippen LogP) is 2.90. The van der Waals surface area contributed by atoms with Crippen molar-refractivity contribution >= 4 is 0 Å². The molecule has 1 N–H and O–H groups in total. The van der Waals surface area contributed by atoms with Crippen LogP contribution in [0.1, 0.15) is 17.0 Å². The molecule has 2 aromatic rings. The van der Waals surface area contributed by atoms with Gasteiger partial charge in [-0.2, -0.15) is 13.2 Å². The van der Waals surface area contributed by atoms with Crippen molar-refractivity contribution in [3.05, 3.63) is 47.0 Å². The first kappa shape index (κ1) is 13.0. The Morgan fingerprint density at radius 2 is 1.90 bits per heavy atom. The maximum Gasteiger partial charge on any atom is 0.433 e. The van der Waals surface area contributed by atoms with Crippen molar-refractivity contribution in [3.63, 3.8) is 0 Å². The van der Waals surface area contributed by atoms with E-state index in [-0.39, 0.29) is 30.0 Å². The molecular formula is C13H9F4N3. The van der Waals surface area contributed by atoms with E-state index in [4.69, 9.17) is 0 Å². The molecule has 7 heteroatoms. The Morgan fingerprint density at radius 1 is 1.10 bits per heavy atom. The molecule has 104 valence electrons. The SMILES string of the molecule is Fc1cccc(-c2nc3c(c(C(F)(F)F)n2)CNC3)c1. The molecule has 0 bridgehead atoms. The first-order chi connectivity index (χ1) is 9.45. The van der Waals surface area contributed by atoms with Crippen molar-refractivity contribution in [2.24, 2.45) is 0 Å². The smallest absolute Gasteiger partial charge is 0.307 e. The van der Waals surface area contributed by atoms with Crippen molar-refractivity contribution in [2.45, 2.75) is 19.3 Å². The van der Waals surface area contributed by atoms with Crippen molar-refractivity contribution in [2.75, 3.05) is 0 Å². The summed E-state index contributed by atoms with van der Waals surface area (Å²) < 4.78 is 52.2. The molecule has 0 fully saturated rings. The molecule has 0 saturated heterocycles. The summed E-state index contributed by atoms with van der Waals surface area (Å²) in [4.78, 5) is 7.68. The van der Waals surface area contributed by atoms with Gasteiger partial charge in [-0.15, -0.1) is 0 Å². The molecule has 1 aliphatic heterocycles. The zero-order valence-electron chi connectivity index (χ0n) is 10.1. The van der Waals surface area contributed by atoms with E-state index >= 15 is 0 Å². The van der Waals surface area contributed by atoms with Crippen LogP contribution in [0.4, 0.5) is 17.6 Å². The molecular weight excluding hydrogens is 274 g/mol. The van der Waals surface area contributed by atoms with Gasteiger partial charge in [0.05, 0.1) is 5.69 Å². The highest BCUT2D eigenvalue weighted by atomic mass is 19.4. The Morgan fingerprint density at radius 3 is 2.60 bits per heavy atom. The molecule has 0 spiro atoms. The summed E-state index contributed by atoms with van der Waals surface area (Å²) >= 11 is 0. The molecule has 0 unspecified atom stereocenters. The summed E-state index contributed by atoms with van der Waals surface area (Å²) in [7, 11) is 0. The second-order valence-electron chi connectivity index (χ2n) is 4.43. The van der Waals surface area contributed by atoms with Gasteiger partial charge in [0, 0.05) is 24.2 Å². The highest BCUT2D eigenvalue weighted by Crippen LogP contribution is 2.34. The number of aromatic nitrogens is 2. The van der Waals surface area contributed by atoms with Gasteiger partial charge in [-0.1, -0.05) is 12.1 Å². The maximum atomic E-state index is 13.2. The number of nitrogens with one attached hydrogen (secondary N) is 1. The highest BCUT2D eigenvalue weighted by Gasteiger charge is 2.38. The fourth-order valence-corrected chi connectivity index (χ4v) is 2.16. The molecule has 0 aliphatic carbocycles. The van der Waals surface area contributed by atoms with Gasteiger partial charge < -0.3 is 5.32 Å². The van der Waals surface area contributed by atoms with Gasteiger partial charge in [-0.3, -0.25) is 0 Å². The van der Waals surface area contributed by atoms with Crippen LogP contribution in [0.3, 0.4) is 0 Å². The average molecular weight is 283 g/mol. The Hall–Kier alpha value is -2.02. The van der Waals surface area contributed by atoms with Crippen molar-refractivity contribution < 1.29 is 17.6 Å². The minimum absolute atomic E-state index is 0.0673. The summed E-state index contributed by atoms with van der Waals surface area (Å²) in [5, 5.41) is 2.81. The number of halogens is 4. The normalized spacial score (nSPS) is 14.4. The first-order valence-electron chi connectivity index (χ1n) is 5.89. The number of hydrogen-bond donors (Lipinski definition) is 1. The quantitative estimate of drug-likeness (QED) is 0.818. The summed E-state index contributed by atoms with van der Waals surface area (Å²) in [6.07, 6.45) is -4.55. The topological polar surface area (TPSA) is 37.8 Å². The molecule has 1 aromatic heterocycles. The number of nitrogens with zero attached hydrogens (tertiary/aromatic N) is 2. The van der Waals surface area contributed by atoms with Crippen LogP contribution in [-0.2, 0) is 19.3 Å². The summed E-state index contributed by atoms with van der Waals surface area (Å²) in [5.74, 6) is -0.655. The molecule has 3 rings (SSSR count). The summed E-state index contributed by atoms with van der Waals surface area (Å²) in [5.41, 5.74) is -0.346. The van der Waals surface area contributed by atoms with Crippen LogP contribution < -0.4 is 5.32 Å². The Balaban J connectivity index is 2.19. The van der Waals surface area contributed by atoms with Gasteiger partial charge in [0.25, 0.3) is 0 Å². The zero-order chi connectivity index (χ0) is 14.3. The van der Waals surface area contributed by atoms with Crippen molar-refractivity contribution in [1.29, 1.82) is 0 Å². The average Bonchev–Trinajstić information content (AvgIpc) is 2.84. The molecule has 2 heterocycles. The van der Waals surface area contributed by atoms with Crippen LogP contribution in [-0.4, -0.2) is 9.97 Å². The van der Waals surface area contributed by atoms with E-state index in [1.54, 1.807) is 0 Å². The lowest BCUT2D eigenvalue weighted by molar-refractivity contribution is -0.141. The van der Waals surface area contributed by atoms with E-state index in [2.05, 4.69) is 15.3 Å².